The Labute approximate surface area is 117 Å². The molecule has 1 N–H and O–H groups in total. The van der Waals surface area contributed by atoms with Crippen LogP contribution >= 0.6 is 34.8 Å². The lowest BCUT2D eigenvalue weighted by Crippen LogP contribution is -2.58. The van der Waals surface area contributed by atoms with Gasteiger partial charge in [0.05, 0.1) is 13.2 Å². The lowest BCUT2D eigenvalue weighted by atomic mass is 10.3. The fraction of sp³-hybridized carbons (Fsp3) is 0.900. The van der Waals surface area contributed by atoms with E-state index in [0.29, 0.717) is 32.7 Å². The van der Waals surface area contributed by atoms with Gasteiger partial charge in [-0.05, 0) is 6.42 Å². The number of halogens is 3. The molecular formula is C10H17Cl3N2O2. The first-order chi connectivity index (χ1) is 7.95. The summed E-state index contributed by atoms with van der Waals surface area (Å²) in [4.78, 5) is 13.5. The smallest absolute Gasteiger partial charge is 0.223 e. The highest BCUT2D eigenvalue weighted by molar-refractivity contribution is 6.68. The molecule has 1 rings (SSSR count). The summed E-state index contributed by atoms with van der Waals surface area (Å²) in [5.41, 5.74) is 0. The number of carbonyl (C=O) groups excluding carboxylic acids is 1. The van der Waals surface area contributed by atoms with Crippen molar-refractivity contribution in [2.75, 3.05) is 26.3 Å². The maximum Gasteiger partial charge on any atom is 0.223 e. The fourth-order valence-electron chi connectivity index (χ4n) is 1.67. The van der Waals surface area contributed by atoms with Gasteiger partial charge < -0.3 is 10.1 Å². The van der Waals surface area contributed by atoms with Gasteiger partial charge in [-0.2, -0.15) is 0 Å². The molecule has 1 unspecified atom stereocenters. The summed E-state index contributed by atoms with van der Waals surface area (Å²) in [5.74, 6) is -0.102. The van der Waals surface area contributed by atoms with Gasteiger partial charge in [-0.15, -0.1) is 0 Å². The summed E-state index contributed by atoms with van der Waals surface area (Å²) in [6.07, 6.45) is 0.596. The molecule has 0 bridgehead atoms. The summed E-state index contributed by atoms with van der Waals surface area (Å²) in [5, 5.41) is 2.76. The van der Waals surface area contributed by atoms with Gasteiger partial charge in [0.15, 0.2) is 0 Å². The van der Waals surface area contributed by atoms with E-state index in [4.69, 9.17) is 39.5 Å². The minimum atomic E-state index is -1.54. The van der Waals surface area contributed by atoms with Crippen molar-refractivity contribution in [1.29, 1.82) is 0 Å². The zero-order valence-corrected chi connectivity index (χ0v) is 12.0. The third-order valence-corrected chi connectivity index (χ3v) is 3.12. The van der Waals surface area contributed by atoms with Crippen LogP contribution in [0.25, 0.3) is 0 Å². The quantitative estimate of drug-likeness (QED) is 0.807. The van der Waals surface area contributed by atoms with Gasteiger partial charge in [0.2, 0.25) is 9.70 Å². The summed E-state index contributed by atoms with van der Waals surface area (Å²) >= 11 is 17.7. The van der Waals surface area contributed by atoms with E-state index >= 15 is 0 Å². The number of nitrogens with one attached hydrogen (secondary N) is 1. The Kier molecular flexibility index (Phi) is 6.31. The second-order valence-corrected chi connectivity index (χ2v) is 6.28. The van der Waals surface area contributed by atoms with Crippen LogP contribution in [0.4, 0.5) is 0 Å². The SMILES string of the molecule is CCCC(=O)NC(N1CCOCC1)C(Cl)(Cl)Cl. The largest absolute Gasteiger partial charge is 0.379 e. The fourth-order valence-corrected chi connectivity index (χ4v) is 2.25. The maximum absolute atomic E-state index is 11.6. The van der Waals surface area contributed by atoms with Crippen molar-refractivity contribution in [2.24, 2.45) is 0 Å². The second kappa shape index (κ2) is 7.00. The van der Waals surface area contributed by atoms with Crippen molar-refractivity contribution in [3.05, 3.63) is 0 Å². The van der Waals surface area contributed by atoms with Crippen molar-refractivity contribution in [2.45, 2.75) is 29.7 Å². The Morgan fingerprint density at radius 1 is 1.41 bits per heavy atom. The van der Waals surface area contributed by atoms with E-state index in [9.17, 15) is 4.79 Å². The third kappa shape index (κ3) is 5.18. The van der Waals surface area contributed by atoms with E-state index in [1.165, 1.54) is 0 Å². The number of hydrogen-bond acceptors (Lipinski definition) is 3. The average Bonchev–Trinajstić information content (AvgIpc) is 2.26. The van der Waals surface area contributed by atoms with Gasteiger partial charge in [0, 0.05) is 19.5 Å². The minimum absolute atomic E-state index is 0.102. The number of ether oxygens (including phenoxy) is 1. The van der Waals surface area contributed by atoms with Gasteiger partial charge in [-0.25, -0.2) is 0 Å². The lowest BCUT2D eigenvalue weighted by Gasteiger charge is -2.38. The van der Waals surface area contributed by atoms with Gasteiger partial charge >= 0.3 is 0 Å². The van der Waals surface area contributed by atoms with Gasteiger partial charge in [-0.1, -0.05) is 41.7 Å². The van der Waals surface area contributed by atoms with Crippen molar-refractivity contribution < 1.29 is 9.53 Å². The summed E-state index contributed by atoms with van der Waals surface area (Å²) in [7, 11) is 0. The molecule has 100 valence electrons. The van der Waals surface area contributed by atoms with E-state index in [0.717, 1.165) is 6.42 Å². The van der Waals surface area contributed by atoms with E-state index in [1.54, 1.807) is 0 Å². The van der Waals surface area contributed by atoms with Crippen molar-refractivity contribution >= 4 is 40.7 Å². The van der Waals surface area contributed by atoms with Crippen molar-refractivity contribution in [1.82, 2.24) is 10.2 Å². The highest BCUT2D eigenvalue weighted by Gasteiger charge is 2.38. The van der Waals surface area contributed by atoms with E-state index in [1.807, 2.05) is 11.8 Å². The number of hydrogen-bond donors (Lipinski definition) is 1. The molecule has 0 radical (unpaired) electrons. The second-order valence-electron chi connectivity index (χ2n) is 3.91. The molecule has 7 heteroatoms. The molecule has 1 aliphatic rings. The molecule has 0 spiro atoms. The monoisotopic (exact) mass is 302 g/mol. The molecule has 1 heterocycles. The number of nitrogens with zero attached hydrogens (tertiary/aromatic N) is 1. The Hall–Kier alpha value is 0.260. The van der Waals surface area contributed by atoms with Crippen molar-refractivity contribution in [3.8, 4) is 0 Å². The number of morpholine rings is 1. The van der Waals surface area contributed by atoms with E-state index < -0.39 is 9.96 Å². The first-order valence-electron chi connectivity index (χ1n) is 5.63. The Bertz CT molecular complexity index is 252. The predicted octanol–water partition coefficient (Wildman–Crippen LogP) is 1.93. The minimum Gasteiger partial charge on any atom is -0.379 e. The Balaban J connectivity index is 2.63. The van der Waals surface area contributed by atoms with Crippen LogP contribution < -0.4 is 5.32 Å². The van der Waals surface area contributed by atoms with Crippen LogP contribution in [0, 0.1) is 0 Å². The van der Waals surface area contributed by atoms with Crippen LogP contribution in [-0.2, 0) is 9.53 Å². The summed E-state index contributed by atoms with van der Waals surface area (Å²) in [6.45, 7) is 4.39. The Morgan fingerprint density at radius 3 is 2.47 bits per heavy atom. The topological polar surface area (TPSA) is 41.6 Å². The van der Waals surface area contributed by atoms with Gasteiger partial charge in [0.1, 0.15) is 6.17 Å². The zero-order chi connectivity index (χ0) is 12.9. The van der Waals surface area contributed by atoms with E-state index in [-0.39, 0.29) is 5.91 Å². The van der Waals surface area contributed by atoms with Crippen LogP contribution in [0.3, 0.4) is 0 Å². The van der Waals surface area contributed by atoms with Crippen LogP contribution in [0.15, 0.2) is 0 Å². The third-order valence-electron chi connectivity index (χ3n) is 2.50. The molecule has 17 heavy (non-hydrogen) atoms. The molecule has 4 nitrogen and oxygen atoms in total. The first-order valence-corrected chi connectivity index (χ1v) is 6.76. The summed E-state index contributed by atoms with van der Waals surface area (Å²) < 4.78 is 3.69. The zero-order valence-electron chi connectivity index (χ0n) is 9.72. The predicted molar refractivity (Wildman–Crippen MR) is 69.5 cm³/mol. The summed E-state index contributed by atoms with van der Waals surface area (Å²) in [6, 6.07) is 0. The normalized spacial score (nSPS) is 20.0. The molecule has 0 aliphatic carbocycles. The average molecular weight is 304 g/mol. The molecule has 1 saturated heterocycles. The molecule has 0 aromatic heterocycles. The van der Waals surface area contributed by atoms with Crippen LogP contribution in [0.5, 0.6) is 0 Å². The number of rotatable bonds is 4. The van der Waals surface area contributed by atoms with Crippen molar-refractivity contribution in [3.63, 3.8) is 0 Å². The Morgan fingerprint density at radius 2 is 2.00 bits per heavy atom. The highest BCUT2D eigenvalue weighted by atomic mass is 35.6. The number of alkyl halides is 3. The maximum atomic E-state index is 11.6. The molecule has 1 amide bonds. The van der Waals surface area contributed by atoms with Crippen LogP contribution in [-0.4, -0.2) is 47.1 Å². The molecule has 0 saturated carbocycles. The molecule has 0 aromatic carbocycles. The van der Waals surface area contributed by atoms with Crippen LogP contribution in [0.2, 0.25) is 0 Å². The molecule has 0 aromatic rings. The molecule has 1 aliphatic heterocycles. The molecule has 1 atom stereocenters. The highest BCUT2D eigenvalue weighted by Crippen LogP contribution is 2.32. The molecular weight excluding hydrogens is 286 g/mol. The standard InChI is InChI=1S/C10H17Cl3N2O2/c1-2-3-8(16)14-9(10(11,12)13)15-4-6-17-7-5-15/h9H,2-7H2,1H3,(H,14,16). The lowest BCUT2D eigenvalue weighted by molar-refractivity contribution is -0.123. The van der Waals surface area contributed by atoms with Gasteiger partial charge in [-0.3, -0.25) is 9.69 Å². The van der Waals surface area contributed by atoms with Gasteiger partial charge in [0.25, 0.3) is 0 Å². The van der Waals surface area contributed by atoms with Crippen LogP contribution in [0.1, 0.15) is 19.8 Å². The number of amides is 1. The molecule has 1 fully saturated rings. The first kappa shape index (κ1) is 15.3. The van der Waals surface area contributed by atoms with E-state index in [2.05, 4.69) is 5.32 Å². The number of carbonyl (C=O) groups is 1.